The summed E-state index contributed by atoms with van der Waals surface area (Å²) in [4.78, 5) is 22.9. The SMILES string of the molecule is CC(C)(C)OC(=O)N1CCc2c1ccc(-c1cn(C3CC(OCc4ccccc4)C3)c3ncnc(N)c13)c2F. The molecule has 1 saturated carbocycles. The first-order chi connectivity index (χ1) is 18.7. The maximum Gasteiger partial charge on any atom is 0.414 e. The lowest BCUT2D eigenvalue weighted by Crippen LogP contribution is -2.35. The largest absolute Gasteiger partial charge is 0.443 e. The number of carbonyl (C=O) groups is 1. The molecule has 39 heavy (non-hydrogen) atoms. The van der Waals surface area contributed by atoms with Crippen LogP contribution in [0, 0.1) is 5.82 Å². The molecule has 202 valence electrons. The lowest BCUT2D eigenvalue weighted by atomic mass is 9.89. The van der Waals surface area contributed by atoms with E-state index in [0.717, 1.165) is 18.4 Å². The van der Waals surface area contributed by atoms with Crippen LogP contribution in [0.25, 0.3) is 22.2 Å². The molecule has 3 heterocycles. The molecule has 0 radical (unpaired) electrons. The van der Waals surface area contributed by atoms with E-state index in [4.69, 9.17) is 15.2 Å². The number of nitrogen functional groups attached to an aromatic ring is 1. The van der Waals surface area contributed by atoms with E-state index in [1.807, 2.05) is 45.2 Å². The van der Waals surface area contributed by atoms with E-state index >= 15 is 4.39 Å². The number of carbonyl (C=O) groups excluding carboxylic acids is 1. The van der Waals surface area contributed by atoms with Crippen LogP contribution in [0.4, 0.5) is 20.7 Å². The van der Waals surface area contributed by atoms with Gasteiger partial charge in [-0.15, -0.1) is 0 Å². The van der Waals surface area contributed by atoms with E-state index in [9.17, 15) is 4.79 Å². The molecular formula is C30H32FN5O3. The minimum absolute atomic E-state index is 0.144. The number of anilines is 2. The molecule has 1 aliphatic carbocycles. The second-order valence-electron chi connectivity index (χ2n) is 11.3. The smallest absolute Gasteiger partial charge is 0.414 e. The molecule has 0 spiro atoms. The first kappa shape index (κ1) is 25.3. The van der Waals surface area contributed by atoms with E-state index in [0.29, 0.717) is 58.8 Å². The average molecular weight is 530 g/mol. The fraction of sp³-hybridized carbons (Fsp3) is 0.367. The van der Waals surface area contributed by atoms with Crippen molar-refractivity contribution in [1.82, 2.24) is 14.5 Å². The van der Waals surface area contributed by atoms with Crippen LogP contribution in [-0.2, 0) is 22.5 Å². The minimum Gasteiger partial charge on any atom is -0.443 e. The van der Waals surface area contributed by atoms with Gasteiger partial charge in [-0.25, -0.2) is 19.2 Å². The third-order valence-corrected chi connectivity index (χ3v) is 7.43. The lowest BCUT2D eigenvalue weighted by molar-refractivity contribution is -0.0347. The van der Waals surface area contributed by atoms with Crippen molar-refractivity contribution in [1.29, 1.82) is 0 Å². The molecular weight excluding hydrogens is 497 g/mol. The van der Waals surface area contributed by atoms with E-state index in [2.05, 4.69) is 26.7 Å². The van der Waals surface area contributed by atoms with Crippen molar-refractivity contribution >= 4 is 28.6 Å². The number of halogens is 1. The van der Waals surface area contributed by atoms with E-state index in [1.165, 1.54) is 11.2 Å². The highest BCUT2D eigenvalue weighted by Crippen LogP contribution is 2.43. The Morgan fingerprint density at radius 1 is 1.10 bits per heavy atom. The zero-order chi connectivity index (χ0) is 27.3. The quantitative estimate of drug-likeness (QED) is 0.339. The van der Waals surface area contributed by atoms with Gasteiger partial charge >= 0.3 is 6.09 Å². The summed E-state index contributed by atoms with van der Waals surface area (Å²) in [5.74, 6) is -0.0567. The number of hydrogen-bond donors (Lipinski definition) is 1. The van der Waals surface area contributed by atoms with Crippen molar-refractivity contribution in [3.63, 3.8) is 0 Å². The maximum absolute atomic E-state index is 16.0. The van der Waals surface area contributed by atoms with Crippen LogP contribution in [0.1, 0.15) is 50.8 Å². The van der Waals surface area contributed by atoms with Crippen molar-refractivity contribution < 1.29 is 18.7 Å². The summed E-state index contributed by atoms with van der Waals surface area (Å²) in [5.41, 5.74) is 9.60. The number of rotatable bonds is 5. The number of amides is 1. The van der Waals surface area contributed by atoms with Gasteiger partial charge in [-0.1, -0.05) is 30.3 Å². The summed E-state index contributed by atoms with van der Waals surface area (Å²) in [6.07, 6.45) is 5.11. The van der Waals surface area contributed by atoms with Gasteiger partial charge in [0.1, 0.15) is 29.2 Å². The second kappa shape index (κ2) is 9.64. The molecule has 6 rings (SSSR count). The summed E-state index contributed by atoms with van der Waals surface area (Å²) >= 11 is 0. The van der Waals surface area contributed by atoms with Crippen molar-refractivity contribution in [2.45, 2.75) is 64.4 Å². The van der Waals surface area contributed by atoms with Crippen LogP contribution in [0.15, 0.2) is 55.0 Å². The van der Waals surface area contributed by atoms with Crippen LogP contribution in [0.2, 0.25) is 0 Å². The molecule has 2 aromatic carbocycles. The van der Waals surface area contributed by atoms with Crippen molar-refractivity contribution in [2.24, 2.45) is 0 Å². The lowest BCUT2D eigenvalue weighted by Gasteiger charge is -2.36. The molecule has 8 nitrogen and oxygen atoms in total. The molecule has 9 heteroatoms. The molecule has 2 aromatic heterocycles. The molecule has 1 fully saturated rings. The summed E-state index contributed by atoms with van der Waals surface area (Å²) in [5, 5.41) is 0.631. The predicted octanol–water partition coefficient (Wildman–Crippen LogP) is 6.04. The summed E-state index contributed by atoms with van der Waals surface area (Å²) in [7, 11) is 0. The highest BCUT2D eigenvalue weighted by molar-refractivity contribution is 6.01. The van der Waals surface area contributed by atoms with Gasteiger partial charge in [0.15, 0.2) is 0 Å². The third kappa shape index (κ3) is 4.71. The Bertz CT molecular complexity index is 1540. The molecule has 1 amide bonds. The van der Waals surface area contributed by atoms with Gasteiger partial charge in [-0.3, -0.25) is 4.90 Å². The molecule has 1 aliphatic heterocycles. The van der Waals surface area contributed by atoms with Crippen LogP contribution < -0.4 is 10.6 Å². The van der Waals surface area contributed by atoms with Crippen molar-refractivity contribution in [3.8, 4) is 11.1 Å². The van der Waals surface area contributed by atoms with Gasteiger partial charge in [0, 0.05) is 35.5 Å². The van der Waals surface area contributed by atoms with Crippen LogP contribution >= 0.6 is 0 Å². The Kier molecular flexibility index (Phi) is 6.26. The molecule has 0 bridgehead atoms. The Balaban J connectivity index is 1.28. The van der Waals surface area contributed by atoms with E-state index in [-0.39, 0.29) is 18.0 Å². The zero-order valence-electron chi connectivity index (χ0n) is 22.4. The number of benzene rings is 2. The summed E-state index contributed by atoms with van der Waals surface area (Å²) < 4.78 is 29.7. The molecule has 2 N–H and O–H groups in total. The van der Waals surface area contributed by atoms with E-state index < -0.39 is 11.7 Å². The Morgan fingerprint density at radius 2 is 1.87 bits per heavy atom. The number of nitrogens with zero attached hydrogens (tertiary/aromatic N) is 4. The third-order valence-electron chi connectivity index (χ3n) is 7.43. The standard InChI is InChI=1S/C30H32FN5O3/c1-30(2,3)39-29(37)35-12-11-22-24(35)10-9-21(26(22)31)23-15-36(28-25(23)27(32)33-17-34-28)19-13-20(14-19)38-16-18-7-5-4-6-8-18/h4-10,15,17,19-20H,11-14,16H2,1-3H3,(H2,32,33,34). The second-order valence-corrected chi connectivity index (χ2v) is 11.3. The Morgan fingerprint density at radius 3 is 2.62 bits per heavy atom. The summed E-state index contributed by atoms with van der Waals surface area (Å²) in [6, 6.07) is 13.8. The topological polar surface area (TPSA) is 95.5 Å². The fourth-order valence-electron chi connectivity index (χ4n) is 5.44. The van der Waals surface area contributed by atoms with Gasteiger partial charge in [-0.05, 0) is 57.7 Å². The molecule has 0 saturated heterocycles. The maximum atomic E-state index is 16.0. The van der Waals surface area contributed by atoms with Gasteiger partial charge < -0.3 is 19.8 Å². The number of hydrogen-bond acceptors (Lipinski definition) is 6. The molecule has 4 aromatic rings. The van der Waals surface area contributed by atoms with Gasteiger partial charge in [0.2, 0.25) is 0 Å². The van der Waals surface area contributed by atoms with Crippen LogP contribution in [0.3, 0.4) is 0 Å². The molecule has 2 aliphatic rings. The van der Waals surface area contributed by atoms with Crippen LogP contribution in [0.5, 0.6) is 0 Å². The minimum atomic E-state index is -0.634. The number of aromatic nitrogens is 3. The average Bonchev–Trinajstić information content (AvgIpc) is 3.47. The fourth-order valence-corrected chi connectivity index (χ4v) is 5.44. The highest BCUT2D eigenvalue weighted by atomic mass is 19.1. The normalized spacial score (nSPS) is 18.7. The van der Waals surface area contributed by atoms with E-state index in [1.54, 1.807) is 12.1 Å². The monoisotopic (exact) mass is 529 g/mol. The van der Waals surface area contributed by atoms with Crippen molar-refractivity contribution in [3.05, 3.63) is 71.9 Å². The summed E-state index contributed by atoms with van der Waals surface area (Å²) in [6.45, 7) is 6.38. The molecule has 0 atom stereocenters. The van der Waals surface area contributed by atoms with Gasteiger partial charge in [0.05, 0.1) is 23.8 Å². The van der Waals surface area contributed by atoms with Gasteiger partial charge in [-0.2, -0.15) is 0 Å². The van der Waals surface area contributed by atoms with Crippen molar-refractivity contribution in [2.75, 3.05) is 17.2 Å². The predicted molar refractivity (Wildman–Crippen MR) is 148 cm³/mol. The molecule has 0 unspecified atom stereocenters. The first-order valence-electron chi connectivity index (χ1n) is 13.3. The zero-order valence-corrected chi connectivity index (χ0v) is 22.4. The Labute approximate surface area is 226 Å². The van der Waals surface area contributed by atoms with Crippen LogP contribution in [-0.4, -0.2) is 38.9 Å². The number of ether oxygens (including phenoxy) is 2. The number of nitrogens with two attached hydrogens (primary N) is 1. The van der Waals surface area contributed by atoms with Gasteiger partial charge in [0.25, 0.3) is 0 Å². The highest BCUT2D eigenvalue weighted by Gasteiger charge is 2.35. The first-order valence-corrected chi connectivity index (χ1v) is 13.3. The number of fused-ring (bicyclic) bond motifs is 2. The Hall–Kier alpha value is -3.98.